The predicted molar refractivity (Wildman–Crippen MR) is 109 cm³/mol. The molecule has 9 heteroatoms. The Hall–Kier alpha value is -1.74. The van der Waals surface area contributed by atoms with Gasteiger partial charge in [-0.1, -0.05) is 22.8 Å². The van der Waals surface area contributed by atoms with Gasteiger partial charge >= 0.3 is 0 Å². The lowest BCUT2D eigenvalue weighted by atomic mass is 9.96. The maximum Gasteiger partial charge on any atom is 0.243 e. The number of benzene rings is 1. The first kappa shape index (κ1) is 19.6. The summed E-state index contributed by atoms with van der Waals surface area (Å²) in [6, 6.07) is 6.94. The second kappa shape index (κ2) is 7.94. The van der Waals surface area contributed by atoms with Crippen LogP contribution in [-0.4, -0.2) is 36.0 Å². The largest absolute Gasteiger partial charge is 0.339 e. The van der Waals surface area contributed by atoms with Crippen molar-refractivity contribution in [2.24, 2.45) is 5.92 Å². The van der Waals surface area contributed by atoms with Gasteiger partial charge in [0.2, 0.25) is 21.7 Å². The molecule has 0 saturated carbocycles. The van der Waals surface area contributed by atoms with Crippen molar-refractivity contribution in [1.82, 2.24) is 14.4 Å². The van der Waals surface area contributed by atoms with Crippen molar-refractivity contribution in [3.05, 3.63) is 51.5 Å². The normalized spacial score (nSPS) is 18.4. The molecule has 0 aliphatic carbocycles. The zero-order valence-corrected chi connectivity index (χ0v) is 17.7. The molecular formula is C19H20ClN3O3S2. The zero-order valence-electron chi connectivity index (χ0n) is 15.3. The van der Waals surface area contributed by atoms with E-state index in [9.17, 15) is 8.42 Å². The van der Waals surface area contributed by atoms with Crippen LogP contribution in [0.5, 0.6) is 0 Å². The van der Waals surface area contributed by atoms with E-state index in [1.165, 1.54) is 0 Å². The highest BCUT2D eigenvalue weighted by atomic mass is 35.5. The molecule has 0 N–H and O–H groups in total. The van der Waals surface area contributed by atoms with Crippen molar-refractivity contribution in [3.63, 3.8) is 0 Å². The molecule has 0 spiro atoms. The van der Waals surface area contributed by atoms with Gasteiger partial charge in [0.1, 0.15) is 0 Å². The molecule has 1 saturated heterocycles. The van der Waals surface area contributed by atoms with Crippen molar-refractivity contribution >= 4 is 33.0 Å². The molecule has 1 aliphatic heterocycles. The fourth-order valence-corrected chi connectivity index (χ4v) is 6.18. The summed E-state index contributed by atoms with van der Waals surface area (Å²) in [6.45, 7) is 2.68. The van der Waals surface area contributed by atoms with Gasteiger partial charge in [-0.2, -0.15) is 20.6 Å². The molecule has 4 rings (SSSR count). The van der Waals surface area contributed by atoms with Crippen LogP contribution in [0, 0.1) is 12.8 Å². The van der Waals surface area contributed by atoms with Gasteiger partial charge in [-0.15, -0.1) is 0 Å². The third-order valence-electron chi connectivity index (χ3n) is 5.03. The molecule has 1 aliphatic rings. The standard InChI is InChI=1S/C19H20ClN3O3S2/c1-13-16(20)5-2-6-17(13)28(24,25)23-8-3-4-14(11-23)10-18-21-19(22-26-18)15-7-9-27-12-15/h2,5-7,9,12,14H,3-4,8,10-11H2,1H3/t14-/m0/s1. The molecule has 6 nitrogen and oxygen atoms in total. The van der Waals surface area contributed by atoms with E-state index in [0.717, 1.165) is 18.4 Å². The second-order valence-electron chi connectivity index (χ2n) is 6.96. The fraction of sp³-hybridized carbons (Fsp3) is 0.368. The minimum atomic E-state index is -3.59. The van der Waals surface area contributed by atoms with Gasteiger partial charge in [-0.3, -0.25) is 0 Å². The molecule has 0 unspecified atom stereocenters. The fourth-order valence-electron chi connectivity index (χ4n) is 3.51. The van der Waals surface area contributed by atoms with Crippen LogP contribution < -0.4 is 0 Å². The highest BCUT2D eigenvalue weighted by Gasteiger charge is 2.32. The van der Waals surface area contributed by atoms with E-state index < -0.39 is 10.0 Å². The van der Waals surface area contributed by atoms with E-state index in [0.29, 0.717) is 41.8 Å². The first-order valence-electron chi connectivity index (χ1n) is 9.05. The van der Waals surface area contributed by atoms with Crippen molar-refractivity contribution in [2.45, 2.75) is 31.1 Å². The molecule has 3 heterocycles. The third-order valence-corrected chi connectivity index (χ3v) is 8.13. The number of hydrogen-bond donors (Lipinski definition) is 0. The molecule has 148 valence electrons. The van der Waals surface area contributed by atoms with Crippen LogP contribution in [0.25, 0.3) is 11.4 Å². The van der Waals surface area contributed by atoms with Crippen LogP contribution in [0.2, 0.25) is 5.02 Å². The second-order valence-corrected chi connectivity index (χ2v) is 10.1. The van der Waals surface area contributed by atoms with E-state index >= 15 is 0 Å². The molecule has 3 aromatic rings. The summed E-state index contributed by atoms with van der Waals surface area (Å²) in [4.78, 5) is 4.74. The maximum absolute atomic E-state index is 13.1. The van der Waals surface area contributed by atoms with Gasteiger partial charge in [0.25, 0.3) is 0 Å². The van der Waals surface area contributed by atoms with Gasteiger partial charge in [-0.05, 0) is 54.8 Å². The Bertz CT molecular complexity index is 1060. The Morgan fingerprint density at radius 2 is 2.21 bits per heavy atom. The Balaban J connectivity index is 1.49. The lowest BCUT2D eigenvalue weighted by Gasteiger charge is -2.31. The molecule has 1 aromatic carbocycles. The zero-order chi connectivity index (χ0) is 19.7. The van der Waals surface area contributed by atoms with Gasteiger partial charge in [-0.25, -0.2) is 8.42 Å². The van der Waals surface area contributed by atoms with E-state index in [1.54, 1.807) is 40.8 Å². The van der Waals surface area contributed by atoms with Crippen LogP contribution in [0.15, 0.2) is 44.4 Å². The third kappa shape index (κ3) is 3.87. The summed E-state index contributed by atoms with van der Waals surface area (Å²) in [5, 5.41) is 8.43. The molecule has 0 amide bonds. The maximum atomic E-state index is 13.1. The van der Waals surface area contributed by atoms with Crippen LogP contribution >= 0.6 is 22.9 Å². The summed E-state index contributed by atoms with van der Waals surface area (Å²) in [5.41, 5.74) is 1.52. The van der Waals surface area contributed by atoms with Crippen molar-refractivity contribution in [1.29, 1.82) is 0 Å². The first-order valence-corrected chi connectivity index (χ1v) is 11.8. The minimum absolute atomic E-state index is 0.138. The highest BCUT2D eigenvalue weighted by Crippen LogP contribution is 2.30. The number of piperidine rings is 1. The summed E-state index contributed by atoms with van der Waals surface area (Å²) in [5.74, 6) is 1.26. The van der Waals surface area contributed by atoms with Crippen LogP contribution in [0.1, 0.15) is 24.3 Å². The van der Waals surface area contributed by atoms with Crippen LogP contribution in [-0.2, 0) is 16.4 Å². The van der Waals surface area contributed by atoms with Crippen molar-refractivity contribution in [2.75, 3.05) is 13.1 Å². The van der Waals surface area contributed by atoms with Crippen LogP contribution in [0.3, 0.4) is 0 Å². The topological polar surface area (TPSA) is 76.3 Å². The lowest BCUT2D eigenvalue weighted by Crippen LogP contribution is -2.40. The number of halogens is 1. The molecule has 0 bridgehead atoms. The monoisotopic (exact) mass is 437 g/mol. The number of aromatic nitrogens is 2. The van der Waals surface area contributed by atoms with Crippen molar-refractivity contribution in [3.8, 4) is 11.4 Å². The summed E-state index contributed by atoms with van der Waals surface area (Å²) in [7, 11) is -3.59. The Morgan fingerprint density at radius 1 is 1.36 bits per heavy atom. The smallest absolute Gasteiger partial charge is 0.243 e. The Morgan fingerprint density at radius 3 is 3.00 bits per heavy atom. The summed E-state index contributed by atoms with van der Waals surface area (Å²) in [6.07, 6.45) is 2.30. The number of sulfonamides is 1. The minimum Gasteiger partial charge on any atom is -0.339 e. The quantitative estimate of drug-likeness (QED) is 0.591. The first-order chi connectivity index (χ1) is 13.4. The number of hydrogen-bond acceptors (Lipinski definition) is 6. The summed E-state index contributed by atoms with van der Waals surface area (Å²) >= 11 is 7.71. The van der Waals surface area contributed by atoms with E-state index in [4.69, 9.17) is 16.1 Å². The van der Waals surface area contributed by atoms with Crippen molar-refractivity contribution < 1.29 is 12.9 Å². The molecular weight excluding hydrogens is 418 g/mol. The predicted octanol–water partition coefficient (Wildman–Crippen LogP) is 4.40. The summed E-state index contributed by atoms with van der Waals surface area (Å²) < 4.78 is 33.2. The average Bonchev–Trinajstić information content (AvgIpc) is 3.36. The molecule has 28 heavy (non-hydrogen) atoms. The van der Waals surface area contributed by atoms with Gasteiger partial charge in [0.15, 0.2) is 0 Å². The molecule has 0 radical (unpaired) electrons. The molecule has 1 atom stereocenters. The van der Waals surface area contributed by atoms with E-state index in [2.05, 4.69) is 10.1 Å². The van der Waals surface area contributed by atoms with Gasteiger partial charge in [0.05, 0.1) is 4.90 Å². The van der Waals surface area contributed by atoms with E-state index in [1.807, 2.05) is 16.8 Å². The molecule has 2 aromatic heterocycles. The van der Waals surface area contributed by atoms with E-state index in [-0.39, 0.29) is 10.8 Å². The van der Waals surface area contributed by atoms with Gasteiger partial charge in [0, 0.05) is 35.5 Å². The Kier molecular flexibility index (Phi) is 5.55. The van der Waals surface area contributed by atoms with Gasteiger partial charge < -0.3 is 4.52 Å². The molecule has 1 fully saturated rings. The Labute approximate surface area is 173 Å². The SMILES string of the molecule is Cc1c(Cl)cccc1S(=O)(=O)N1CCC[C@@H](Cc2nc(-c3ccsc3)no2)C1. The lowest BCUT2D eigenvalue weighted by molar-refractivity contribution is 0.247. The number of thiophene rings is 1. The van der Waals surface area contributed by atoms with Crippen LogP contribution in [0.4, 0.5) is 0 Å². The highest BCUT2D eigenvalue weighted by molar-refractivity contribution is 7.89. The average molecular weight is 438 g/mol. The number of rotatable bonds is 5. The number of nitrogens with zero attached hydrogens (tertiary/aromatic N) is 3.